The van der Waals surface area contributed by atoms with E-state index < -0.39 is 29.5 Å². The lowest BCUT2D eigenvalue weighted by Crippen LogP contribution is -2.42. The predicted molar refractivity (Wildman–Crippen MR) is 60.1 cm³/mol. The van der Waals surface area contributed by atoms with E-state index in [4.69, 9.17) is 5.11 Å². The molecule has 0 aliphatic heterocycles. The van der Waals surface area contributed by atoms with Crippen LogP contribution in [0.3, 0.4) is 0 Å². The van der Waals surface area contributed by atoms with Crippen LogP contribution in [-0.4, -0.2) is 44.2 Å². The number of rotatable bonds is 5. The number of carbonyl (C=O) groups is 2. The fourth-order valence-corrected chi connectivity index (χ4v) is 1.22. The second kappa shape index (κ2) is 5.41. The summed E-state index contributed by atoms with van der Waals surface area (Å²) in [5.74, 6) is -1.78. The fraction of sp³-hybridized carbons (Fsp3) is 0.400. The highest BCUT2D eigenvalue weighted by molar-refractivity contribution is 5.91. The molecule has 4 N–H and O–H groups in total. The van der Waals surface area contributed by atoms with Crippen molar-refractivity contribution in [3.05, 3.63) is 28.4 Å². The van der Waals surface area contributed by atoms with Gasteiger partial charge in [-0.25, -0.2) is 4.98 Å². The highest BCUT2D eigenvalue weighted by Gasteiger charge is 2.25. The summed E-state index contributed by atoms with van der Waals surface area (Å²) in [7, 11) is 0. The van der Waals surface area contributed by atoms with E-state index in [1.807, 2.05) is 0 Å². The van der Waals surface area contributed by atoms with Crippen LogP contribution < -0.4 is 10.9 Å². The van der Waals surface area contributed by atoms with Crippen molar-refractivity contribution in [2.45, 2.75) is 18.9 Å². The van der Waals surface area contributed by atoms with Gasteiger partial charge in [0.2, 0.25) is 0 Å². The molecule has 98 valence electrons. The summed E-state index contributed by atoms with van der Waals surface area (Å²) in [6, 6.07) is 0. The summed E-state index contributed by atoms with van der Waals surface area (Å²) in [6.45, 7) is 1.06. The number of aromatic nitrogens is 2. The SMILES string of the molecule is CC(O)(CNC(=O)c1c[nH]c(=O)cn1)CC(=O)O. The Morgan fingerprint density at radius 1 is 1.56 bits per heavy atom. The maximum atomic E-state index is 11.5. The molecule has 1 heterocycles. The molecule has 0 radical (unpaired) electrons. The number of hydrogen-bond acceptors (Lipinski definition) is 5. The lowest BCUT2D eigenvalue weighted by molar-refractivity contribution is -0.141. The lowest BCUT2D eigenvalue weighted by Gasteiger charge is -2.21. The molecule has 8 nitrogen and oxygen atoms in total. The van der Waals surface area contributed by atoms with Crippen molar-refractivity contribution in [2.24, 2.45) is 0 Å². The van der Waals surface area contributed by atoms with Gasteiger partial charge in [0, 0.05) is 12.7 Å². The van der Waals surface area contributed by atoms with E-state index in [-0.39, 0.29) is 12.2 Å². The Morgan fingerprint density at radius 2 is 2.22 bits per heavy atom. The summed E-state index contributed by atoms with van der Waals surface area (Å²) in [4.78, 5) is 38.6. The number of amides is 1. The summed E-state index contributed by atoms with van der Waals surface area (Å²) >= 11 is 0. The number of aromatic amines is 1. The predicted octanol–water partition coefficient (Wildman–Crippen LogP) is -1.27. The summed E-state index contributed by atoms with van der Waals surface area (Å²) in [6.07, 6.45) is 1.58. The fourth-order valence-electron chi connectivity index (χ4n) is 1.22. The van der Waals surface area contributed by atoms with Crippen LogP contribution in [0.5, 0.6) is 0 Å². The van der Waals surface area contributed by atoms with E-state index in [0.29, 0.717) is 0 Å². The number of aliphatic hydroxyl groups is 1. The van der Waals surface area contributed by atoms with E-state index >= 15 is 0 Å². The number of H-pyrrole nitrogens is 1. The minimum atomic E-state index is -1.55. The van der Waals surface area contributed by atoms with Crippen molar-refractivity contribution in [3.8, 4) is 0 Å². The molecule has 0 fully saturated rings. The molecular formula is C10H13N3O5. The molecule has 0 bridgehead atoms. The van der Waals surface area contributed by atoms with Gasteiger partial charge >= 0.3 is 5.97 Å². The molecule has 0 saturated heterocycles. The van der Waals surface area contributed by atoms with Crippen molar-refractivity contribution >= 4 is 11.9 Å². The van der Waals surface area contributed by atoms with Gasteiger partial charge in [-0.1, -0.05) is 0 Å². The van der Waals surface area contributed by atoms with Gasteiger partial charge in [0.15, 0.2) is 0 Å². The smallest absolute Gasteiger partial charge is 0.306 e. The third-order valence-corrected chi connectivity index (χ3v) is 2.07. The van der Waals surface area contributed by atoms with Crippen molar-refractivity contribution < 1.29 is 19.8 Å². The summed E-state index contributed by atoms with van der Waals surface area (Å²) < 4.78 is 0. The van der Waals surface area contributed by atoms with Gasteiger partial charge in [0.05, 0.1) is 18.2 Å². The third kappa shape index (κ3) is 4.34. The zero-order valence-corrected chi connectivity index (χ0v) is 9.64. The van der Waals surface area contributed by atoms with E-state index in [9.17, 15) is 19.5 Å². The van der Waals surface area contributed by atoms with Crippen LogP contribution >= 0.6 is 0 Å². The van der Waals surface area contributed by atoms with Gasteiger partial charge < -0.3 is 20.5 Å². The topological polar surface area (TPSA) is 132 Å². The summed E-state index contributed by atoms with van der Waals surface area (Å²) in [5, 5.41) is 20.5. The Balaban J connectivity index is 2.58. The van der Waals surface area contributed by atoms with Crippen LogP contribution in [0.2, 0.25) is 0 Å². The minimum Gasteiger partial charge on any atom is -0.481 e. The first-order valence-corrected chi connectivity index (χ1v) is 5.07. The van der Waals surface area contributed by atoms with E-state index in [1.165, 1.54) is 6.92 Å². The molecule has 1 amide bonds. The van der Waals surface area contributed by atoms with Crippen LogP contribution in [-0.2, 0) is 4.79 Å². The average Bonchev–Trinajstić information content (AvgIpc) is 2.25. The Labute approximate surface area is 102 Å². The normalized spacial score (nSPS) is 13.7. The molecule has 18 heavy (non-hydrogen) atoms. The Morgan fingerprint density at radius 3 is 2.72 bits per heavy atom. The molecule has 0 aliphatic rings. The van der Waals surface area contributed by atoms with Crippen LogP contribution in [0.4, 0.5) is 0 Å². The first-order valence-electron chi connectivity index (χ1n) is 5.07. The largest absolute Gasteiger partial charge is 0.481 e. The van der Waals surface area contributed by atoms with Gasteiger partial charge in [0.25, 0.3) is 11.5 Å². The van der Waals surface area contributed by atoms with Gasteiger partial charge in [0.1, 0.15) is 5.69 Å². The van der Waals surface area contributed by atoms with Gasteiger partial charge in [-0.05, 0) is 6.92 Å². The Bertz CT molecular complexity index is 488. The van der Waals surface area contributed by atoms with Gasteiger partial charge in [-0.2, -0.15) is 0 Å². The molecule has 0 aromatic carbocycles. The zero-order chi connectivity index (χ0) is 13.8. The first kappa shape index (κ1) is 13.8. The molecule has 1 aromatic heterocycles. The molecule has 0 aliphatic carbocycles. The highest BCUT2D eigenvalue weighted by Crippen LogP contribution is 2.07. The van der Waals surface area contributed by atoms with Gasteiger partial charge in [-0.3, -0.25) is 14.4 Å². The maximum absolute atomic E-state index is 11.5. The third-order valence-electron chi connectivity index (χ3n) is 2.07. The summed E-state index contributed by atoms with van der Waals surface area (Å²) in [5.41, 5.74) is -2.02. The molecule has 8 heteroatoms. The Hall–Kier alpha value is -2.22. The Kier molecular flexibility index (Phi) is 4.16. The number of carboxylic acids is 1. The quantitative estimate of drug-likeness (QED) is 0.518. The number of carboxylic acid groups (broad SMARTS) is 1. The minimum absolute atomic E-state index is 0.0271. The molecule has 0 saturated carbocycles. The second-order valence-electron chi connectivity index (χ2n) is 4.05. The molecule has 1 aromatic rings. The van der Waals surface area contributed by atoms with E-state index in [1.54, 1.807) is 0 Å². The van der Waals surface area contributed by atoms with Crippen LogP contribution in [0.15, 0.2) is 17.2 Å². The maximum Gasteiger partial charge on any atom is 0.306 e. The molecular weight excluding hydrogens is 242 g/mol. The lowest BCUT2D eigenvalue weighted by atomic mass is 10.0. The monoisotopic (exact) mass is 255 g/mol. The van der Waals surface area contributed by atoms with Crippen LogP contribution in [0.25, 0.3) is 0 Å². The van der Waals surface area contributed by atoms with Crippen molar-refractivity contribution in [2.75, 3.05) is 6.54 Å². The van der Waals surface area contributed by atoms with Crippen LogP contribution in [0.1, 0.15) is 23.8 Å². The number of nitrogens with one attached hydrogen (secondary N) is 2. The average molecular weight is 255 g/mol. The number of aliphatic carboxylic acids is 1. The number of carbonyl (C=O) groups excluding carboxylic acids is 1. The molecule has 1 atom stereocenters. The molecule has 0 spiro atoms. The molecule has 1 unspecified atom stereocenters. The van der Waals surface area contributed by atoms with Gasteiger partial charge in [-0.15, -0.1) is 0 Å². The van der Waals surface area contributed by atoms with Crippen LogP contribution in [0, 0.1) is 0 Å². The highest BCUT2D eigenvalue weighted by atomic mass is 16.4. The van der Waals surface area contributed by atoms with Crippen molar-refractivity contribution in [1.82, 2.24) is 15.3 Å². The standard InChI is InChI=1S/C10H13N3O5/c1-10(18,2-8(15)16)5-13-9(17)6-3-12-7(14)4-11-6/h3-4,18H,2,5H2,1H3,(H,12,14)(H,13,17)(H,15,16). The number of nitrogens with zero attached hydrogens (tertiary/aromatic N) is 1. The molecule has 1 rings (SSSR count). The van der Waals surface area contributed by atoms with E-state index in [2.05, 4.69) is 15.3 Å². The first-order chi connectivity index (χ1) is 8.30. The number of hydrogen-bond donors (Lipinski definition) is 4. The van der Waals surface area contributed by atoms with E-state index in [0.717, 1.165) is 12.4 Å². The second-order valence-corrected chi connectivity index (χ2v) is 4.05. The van der Waals surface area contributed by atoms with Crippen molar-refractivity contribution in [3.63, 3.8) is 0 Å². The van der Waals surface area contributed by atoms with Crippen molar-refractivity contribution in [1.29, 1.82) is 0 Å². The zero-order valence-electron chi connectivity index (χ0n) is 9.64.